The number of benzene rings is 1. The van der Waals surface area contributed by atoms with Crippen molar-refractivity contribution in [2.24, 2.45) is 7.05 Å². The third-order valence-corrected chi connectivity index (χ3v) is 5.19. The van der Waals surface area contributed by atoms with Gasteiger partial charge in [0.2, 0.25) is 5.95 Å². The molecule has 150 valence electrons. The van der Waals surface area contributed by atoms with E-state index in [2.05, 4.69) is 33.0 Å². The predicted molar refractivity (Wildman–Crippen MR) is 114 cm³/mol. The topological polar surface area (TPSA) is 63.5 Å². The molecule has 0 bridgehead atoms. The van der Waals surface area contributed by atoms with Crippen LogP contribution in [0.5, 0.6) is 0 Å². The number of hydrogen-bond donors (Lipinski definition) is 0. The third kappa shape index (κ3) is 4.00. The van der Waals surface area contributed by atoms with Crippen molar-refractivity contribution in [2.75, 3.05) is 43.6 Å². The van der Waals surface area contributed by atoms with E-state index >= 15 is 0 Å². The average molecular weight is 391 g/mol. The van der Waals surface area contributed by atoms with Crippen molar-refractivity contribution in [1.82, 2.24) is 14.5 Å². The molecule has 29 heavy (non-hydrogen) atoms. The maximum absolute atomic E-state index is 12.6. The van der Waals surface area contributed by atoms with Crippen LogP contribution in [0.3, 0.4) is 0 Å². The fourth-order valence-electron chi connectivity index (χ4n) is 3.52. The monoisotopic (exact) mass is 391 g/mol. The second-order valence-electron chi connectivity index (χ2n) is 7.37. The van der Waals surface area contributed by atoms with Gasteiger partial charge in [-0.1, -0.05) is 12.1 Å². The fraction of sp³-hybridized carbons (Fsp3) is 0.318. The molecule has 0 N–H and O–H groups in total. The molecule has 3 aromatic rings. The van der Waals surface area contributed by atoms with E-state index in [-0.39, 0.29) is 11.7 Å². The van der Waals surface area contributed by atoms with Gasteiger partial charge >= 0.3 is 0 Å². The van der Waals surface area contributed by atoms with Gasteiger partial charge in [-0.2, -0.15) is 0 Å². The van der Waals surface area contributed by atoms with E-state index in [1.54, 1.807) is 30.1 Å². The van der Waals surface area contributed by atoms with Crippen LogP contribution in [-0.4, -0.2) is 48.3 Å². The minimum Gasteiger partial charge on any atom is -0.378 e. The molecule has 1 aliphatic heterocycles. The Morgan fingerprint density at radius 3 is 2.69 bits per heavy atom. The van der Waals surface area contributed by atoms with E-state index in [1.807, 2.05) is 32.3 Å². The van der Waals surface area contributed by atoms with Crippen molar-refractivity contribution in [3.63, 3.8) is 0 Å². The third-order valence-electron chi connectivity index (χ3n) is 5.19. The van der Waals surface area contributed by atoms with Crippen LogP contribution < -0.4 is 15.4 Å². The molecule has 7 nitrogen and oxygen atoms in total. The molecule has 1 aromatic carbocycles. The van der Waals surface area contributed by atoms with Gasteiger partial charge in [-0.3, -0.25) is 14.3 Å². The van der Waals surface area contributed by atoms with Crippen LogP contribution in [0.15, 0.2) is 59.7 Å². The highest BCUT2D eigenvalue weighted by atomic mass is 16.5. The SMILES string of the molecule is CN(C)c1cccc(C2CN(c3nc(-c4ccncc4)cc(=O)n3C)CCO2)c1. The van der Waals surface area contributed by atoms with Crippen molar-refractivity contribution >= 4 is 11.6 Å². The summed E-state index contributed by atoms with van der Waals surface area (Å²) >= 11 is 0. The minimum absolute atomic E-state index is 0.0786. The predicted octanol–water partition coefficient (Wildman–Crippen LogP) is 2.49. The molecule has 1 fully saturated rings. The standard InChI is InChI=1S/C22H25N5O2/c1-25(2)18-6-4-5-17(13-18)20-15-27(11-12-29-20)22-24-19(14-21(28)26(22)3)16-7-9-23-10-8-16/h4-10,13-14,20H,11-12,15H2,1-3H3. The summed E-state index contributed by atoms with van der Waals surface area (Å²) in [5, 5.41) is 0. The van der Waals surface area contributed by atoms with Crippen molar-refractivity contribution in [1.29, 1.82) is 0 Å². The van der Waals surface area contributed by atoms with E-state index < -0.39 is 0 Å². The average Bonchev–Trinajstić information content (AvgIpc) is 2.76. The van der Waals surface area contributed by atoms with Crippen LogP contribution in [0, 0.1) is 0 Å². The Hall–Kier alpha value is -3.19. The lowest BCUT2D eigenvalue weighted by molar-refractivity contribution is 0.0390. The van der Waals surface area contributed by atoms with Gasteiger partial charge < -0.3 is 14.5 Å². The Labute approximate surface area is 170 Å². The Morgan fingerprint density at radius 1 is 1.14 bits per heavy atom. The zero-order chi connectivity index (χ0) is 20.4. The quantitative estimate of drug-likeness (QED) is 0.681. The Kier molecular flexibility index (Phi) is 5.31. The molecule has 1 saturated heterocycles. The van der Waals surface area contributed by atoms with Crippen LogP contribution >= 0.6 is 0 Å². The van der Waals surface area contributed by atoms with Gasteiger partial charge in [-0.25, -0.2) is 4.98 Å². The van der Waals surface area contributed by atoms with Crippen LogP contribution in [0.4, 0.5) is 11.6 Å². The lowest BCUT2D eigenvalue weighted by Crippen LogP contribution is -2.41. The maximum atomic E-state index is 12.6. The molecule has 1 aliphatic rings. The van der Waals surface area contributed by atoms with E-state index in [0.717, 1.165) is 16.8 Å². The summed E-state index contributed by atoms with van der Waals surface area (Å²) in [5.74, 6) is 0.654. The van der Waals surface area contributed by atoms with Gasteiger partial charge in [0, 0.05) is 57.4 Å². The van der Waals surface area contributed by atoms with Crippen molar-refractivity contribution < 1.29 is 4.74 Å². The van der Waals surface area contributed by atoms with Crippen LogP contribution in [0.25, 0.3) is 11.3 Å². The maximum Gasteiger partial charge on any atom is 0.255 e. The van der Waals surface area contributed by atoms with E-state index in [1.165, 1.54) is 0 Å². The molecule has 0 amide bonds. The van der Waals surface area contributed by atoms with E-state index in [0.29, 0.717) is 31.3 Å². The molecule has 4 rings (SSSR count). The molecule has 2 aromatic heterocycles. The summed E-state index contributed by atoms with van der Waals surface area (Å²) in [7, 11) is 5.81. The summed E-state index contributed by atoms with van der Waals surface area (Å²) in [4.78, 5) is 25.6. The summed E-state index contributed by atoms with van der Waals surface area (Å²) in [5.41, 5.74) is 3.70. The second-order valence-corrected chi connectivity index (χ2v) is 7.37. The highest BCUT2D eigenvalue weighted by molar-refractivity contribution is 5.59. The van der Waals surface area contributed by atoms with Crippen molar-refractivity contribution in [2.45, 2.75) is 6.10 Å². The smallest absolute Gasteiger partial charge is 0.255 e. The molecular formula is C22H25N5O2. The number of anilines is 2. The lowest BCUT2D eigenvalue weighted by Gasteiger charge is -2.35. The molecular weight excluding hydrogens is 366 g/mol. The Morgan fingerprint density at radius 2 is 1.93 bits per heavy atom. The Balaban J connectivity index is 1.66. The minimum atomic E-state index is -0.0838. The van der Waals surface area contributed by atoms with Gasteiger partial charge in [0.05, 0.1) is 18.8 Å². The first-order valence-corrected chi connectivity index (χ1v) is 9.65. The number of pyridine rings is 1. The van der Waals surface area contributed by atoms with Gasteiger partial charge in [-0.15, -0.1) is 0 Å². The molecule has 3 heterocycles. The number of morpholine rings is 1. The van der Waals surface area contributed by atoms with Crippen LogP contribution in [0.1, 0.15) is 11.7 Å². The molecule has 0 aliphatic carbocycles. The van der Waals surface area contributed by atoms with Crippen LogP contribution in [-0.2, 0) is 11.8 Å². The molecule has 1 unspecified atom stereocenters. The molecule has 0 spiro atoms. The fourth-order valence-corrected chi connectivity index (χ4v) is 3.52. The summed E-state index contributed by atoms with van der Waals surface area (Å²) in [6.45, 7) is 1.90. The van der Waals surface area contributed by atoms with E-state index in [4.69, 9.17) is 9.72 Å². The molecule has 1 atom stereocenters. The molecule has 0 radical (unpaired) electrons. The highest BCUT2D eigenvalue weighted by Crippen LogP contribution is 2.28. The number of nitrogens with zero attached hydrogens (tertiary/aromatic N) is 5. The van der Waals surface area contributed by atoms with E-state index in [9.17, 15) is 4.79 Å². The number of rotatable bonds is 4. The zero-order valence-corrected chi connectivity index (χ0v) is 16.9. The zero-order valence-electron chi connectivity index (χ0n) is 16.9. The number of aromatic nitrogens is 3. The van der Waals surface area contributed by atoms with Crippen molar-refractivity contribution in [3.05, 3.63) is 70.8 Å². The normalized spacial score (nSPS) is 16.7. The van der Waals surface area contributed by atoms with Crippen molar-refractivity contribution in [3.8, 4) is 11.3 Å². The first-order valence-electron chi connectivity index (χ1n) is 9.65. The molecule has 7 heteroatoms. The summed E-state index contributed by atoms with van der Waals surface area (Å²) < 4.78 is 7.65. The second kappa shape index (κ2) is 8.05. The largest absolute Gasteiger partial charge is 0.378 e. The number of ether oxygens (including phenoxy) is 1. The van der Waals surface area contributed by atoms with Gasteiger partial charge in [0.25, 0.3) is 5.56 Å². The number of hydrogen-bond acceptors (Lipinski definition) is 6. The van der Waals surface area contributed by atoms with Crippen LogP contribution in [0.2, 0.25) is 0 Å². The van der Waals surface area contributed by atoms with Gasteiger partial charge in [-0.05, 0) is 29.8 Å². The summed E-state index contributed by atoms with van der Waals surface area (Å²) in [6.07, 6.45) is 3.33. The first-order chi connectivity index (χ1) is 14.0. The Bertz CT molecular complexity index is 1050. The lowest BCUT2D eigenvalue weighted by atomic mass is 10.1. The van der Waals surface area contributed by atoms with Gasteiger partial charge in [0.1, 0.15) is 6.10 Å². The highest BCUT2D eigenvalue weighted by Gasteiger charge is 2.25. The van der Waals surface area contributed by atoms with Gasteiger partial charge in [0.15, 0.2) is 0 Å². The molecule has 0 saturated carbocycles. The first kappa shape index (κ1) is 19.1. The summed E-state index contributed by atoms with van der Waals surface area (Å²) in [6, 6.07) is 13.6.